The van der Waals surface area contributed by atoms with Crippen LogP contribution in [0.15, 0.2) is 30.6 Å². The third-order valence-corrected chi connectivity index (χ3v) is 4.35. The molecular formula is C16H21N3O. The molecule has 106 valence electrons. The van der Waals surface area contributed by atoms with Crippen LogP contribution in [0.3, 0.4) is 0 Å². The summed E-state index contributed by atoms with van der Waals surface area (Å²) < 4.78 is 1.94. The lowest BCUT2D eigenvalue weighted by molar-refractivity contribution is -0.133. The minimum atomic E-state index is 0.181. The number of hydrogen-bond acceptors (Lipinski definition) is 2. The van der Waals surface area contributed by atoms with Crippen molar-refractivity contribution in [1.82, 2.24) is 14.5 Å². The number of rotatable bonds is 3. The van der Waals surface area contributed by atoms with Crippen molar-refractivity contribution >= 4 is 16.9 Å². The van der Waals surface area contributed by atoms with Crippen molar-refractivity contribution in [2.45, 2.75) is 44.7 Å². The molecule has 1 heterocycles. The second-order valence-corrected chi connectivity index (χ2v) is 5.66. The number of para-hydroxylation sites is 2. The zero-order valence-electron chi connectivity index (χ0n) is 12.0. The second kappa shape index (κ2) is 5.65. The molecule has 4 heteroatoms. The molecule has 1 aromatic heterocycles. The van der Waals surface area contributed by atoms with Crippen molar-refractivity contribution in [3.63, 3.8) is 0 Å². The fraction of sp³-hybridized carbons (Fsp3) is 0.500. The number of fused-ring (bicyclic) bond motifs is 1. The summed E-state index contributed by atoms with van der Waals surface area (Å²) in [5.74, 6) is 0.181. The van der Waals surface area contributed by atoms with Crippen LogP contribution in [0, 0.1) is 0 Å². The summed E-state index contributed by atoms with van der Waals surface area (Å²) in [5, 5.41) is 0. The highest BCUT2D eigenvalue weighted by Gasteiger charge is 2.22. The molecule has 0 bridgehead atoms. The van der Waals surface area contributed by atoms with Gasteiger partial charge in [0.2, 0.25) is 5.91 Å². The maximum absolute atomic E-state index is 12.4. The molecule has 2 aromatic rings. The molecule has 1 fully saturated rings. The Labute approximate surface area is 119 Å². The minimum absolute atomic E-state index is 0.181. The van der Waals surface area contributed by atoms with Gasteiger partial charge in [-0.25, -0.2) is 4.98 Å². The Morgan fingerprint density at radius 3 is 2.85 bits per heavy atom. The lowest BCUT2D eigenvalue weighted by Gasteiger charge is -2.31. The predicted octanol–water partition coefficient (Wildman–Crippen LogP) is 2.83. The third-order valence-electron chi connectivity index (χ3n) is 4.35. The zero-order valence-corrected chi connectivity index (χ0v) is 12.0. The maximum Gasteiger partial charge on any atom is 0.242 e. The number of nitrogens with zero attached hydrogens (tertiary/aromatic N) is 3. The van der Waals surface area contributed by atoms with Crippen LogP contribution in [-0.2, 0) is 11.3 Å². The van der Waals surface area contributed by atoms with E-state index in [9.17, 15) is 4.79 Å². The molecule has 3 rings (SSSR count). The van der Waals surface area contributed by atoms with Gasteiger partial charge in [0, 0.05) is 13.1 Å². The van der Waals surface area contributed by atoms with E-state index in [1.807, 2.05) is 40.8 Å². The number of carbonyl (C=O) groups is 1. The number of hydrogen-bond donors (Lipinski definition) is 0. The van der Waals surface area contributed by atoms with Gasteiger partial charge in [-0.05, 0) is 25.0 Å². The Morgan fingerprint density at radius 1 is 1.30 bits per heavy atom. The van der Waals surface area contributed by atoms with E-state index in [1.165, 1.54) is 19.3 Å². The molecule has 0 saturated heterocycles. The quantitative estimate of drug-likeness (QED) is 0.861. The summed E-state index contributed by atoms with van der Waals surface area (Å²) in [7, 11) is 1.94. The van der Waals surface area contributed by atoms with Crippen molar-refractivity contribution in [2.75, 3.05) is 7.05 Å². The summed E-state index contributed by atoms with van der Waals surface area (Å²) in [6.45, 7) is 0.382. The number of carbonyl (C=O) groups excluding carboxylic acids is 1. The van der Waals surface area contributed by atoms with Crippen LogP contribution in [0.5, 0.6) is 0 Å². The monoisotopic (exact) mass is 271 g/mol. The van der Waals surface area contributed by atoms with Crippen LogP contribution in [0.25, 0.3) is 11.0 Å². The van der Waals surface area contributed by atoms with Crippen LogP contribution in [0.1, 0.15) is 32.1 Å². The van der Waals surface area contributed by atoms with Gasteiger partial charge in [-0.15, -0.1) is 0 Å². The Hall–Kier alpha value is -1.84. The fourth-order valence-corrected chi connectivity index (χ4v) is 3.07. The Kier molecular flexibility index (Phi) is 3.72. The molecule has 0 spiro atoms. The topological polar surface area (TPSA) is 38.1 Å². The van der Waals surface area contributed by atoms with E-state index in [0.717, 1.165) is 23.9 Å². The summed E-state index contributed by atoms with van der Waals surface area (Å²) in [6.07, 6.45) is 7.86. The van der Waals surface area contributed by atoms with Crippen molar-refractivity contribution in [3.05, 3.63) is 30.6 Å². The van der Waals surface area contributed by atoms with Gasteiger partial charge in [0.1, 0.15) is 6.54 Å². The average molecular weight is 271 g/mol. The Bertz CT molecular complexity index is 599. The van der Waals surface area contributed by atoms with Crippen molar-refractivity contribution in [2.24, 2.45) is 0 Å². The smallest absolute Gasteiger partial charge is 0.242 e. The first kappa shape index (κ1) is 13.2. The number of likely N-dealkylation sites (N-methyl/N-ethyl adjacent to an activating group) is 1. The predicted molar refractivity (Wildman–Crippen MR) is 79.4 cm³/mol. The van der Waals surface area contributed by atoms with Gasteiger partial charge < -0.3 is 9.47 Å². The number of imidazole rings is 1. The van der Waals surface area contributed by atoms with E-state index in [4.69, 9.17) is 0 Å². The van der Waals surface area contributed by atoms with Gasteiger partial charge in [0.15, 0.2) is 0 Å². The van der Waals surface area contributed by atoms with Crippen molar-refractivity contribution in [1.29, 1.82) is 0 Å². The molecule has 1 aliphatic carbocycles. The summed E-state index contributed by atoms with van der Waals surface area (Å²) >= 11 is 0. The van der Waals surface area contributed by atoms with Gasteiger partial charge in [0.25, 0.3) is 0 Å². The number of benzene rings is 1. The van der Waals surface area contributed by atoms with Gasteiger partial charge >= 0.3 is 0 Å². The summed E-state index contributed by atoms with van der Waals surface area (Å²) in [4.78, 5) is 18.7. The van der Waals surface area contributed by atoms with Crippen LogP contribution >= 0.6 is 0 Å². The molecule has 1 aromatic carbocycles. The van der Waals surface area contributed by atoms with Crippen LogP contribution < -0.4 is 0 Å². The highest BCUT2D eigenvalue weighted by atomic mass is 16.2. The van der Waals surface area contributed by atoms with E-state index in [-0.39, 0.29) is 5.91 Å². The molecule has 0 atom stereocenters. The first-order valence-electron chi connectivity index (χ1n) is 7.41. The molecule has 1 amide bonds. The van der Waals surface area contributed by atoms with Gasteiger partial charge in [-0.1, -0.05) is 31.4 Å². The maximum atomic E-state index is 12.4. The van der Waals surface area contributed by atoms with E-state index in [0.29, 0.717) is 12.6 Å². The molecule has 0 aliphatic heterocycles. The molecule has 0 radical (unpaired) electrons. The lowest BCUT2D eigenvalue weighted by Crippen LogP contribution is -2.40. The van der Waals surface area contributed by atoms with E-state index in [2.05, 4.69) is 4.98 Å². The van der Waals surface area contributed by atoms with E-state index in [1.54, 1.807) is 6.33 Å². The van der Waals surface area contributed by atoms with Crippen LogP contribution in [0.2, 0.25) is 0 Å². The Balaban J connectivity index is 1.71. The van der Waals surface area contributed by atoms with Crippen LogP contribution in [-0.4, -0.2) is 33.4 Å². The molecule has 0 unspecified atom stereocenters. The van der Waals surface area contributed by atoms with Gasteiger partial charge in [-0.3, -0.25) is 4.79 Å². The first-order chi connectivity index (χ1) is 9.75. The molecule has 1 saturated carbocycles. The highest BCUT2D eigenvalue weighted by Crippen LogP contribution is 2.22. The van der Waals surface area contributed by atoms with E-state index < -0.39 is 0 Å². The average Bonchev–Trinajstić information content (AvgIpc) is 2.91. The summed E-state index contributed by atoms with van der Waals surface area (Å²) in [6, 6.07) is 8.36. The van der Waals surface area contributed by atoms with Gasteiger partial charge in [-0.2, -0.15) is 0 Å². The largest absolute Gasteiger partial charge is 0.341 e. The SMILES string of the molecule is CN(C(=O)Cn1cnc2ccccc21)C1CCCCC1. The molecule has 1 aliphatic rings. The van der Waals surface area contributed by atoms with Crippen LogP contribution in [0.4, 0.5) is 0 Å². The van der Waals surface area contributed by atoms with E-state index >= 15 is 0 Å². The zero-order chi connectivity index (χ0) is 13.9. The van der Waals surface area contributed by atoms with Crippen molar-refractivity contribution < 1.29 is 4.79 Å². The standard InChI is InChI=1S/C16H21N3O/c1-18(13-7-3-2-4-8-13)16(20)11-19-12-17-14-9-5-6-10-15(14)19/h5-6,9-10,12-13H,2-4,7-8,11H2,1H3. The van der Waals surface area contributed by atoms with Gasteiger partial charge in [0.05, 0.1) is 17.4 Å². The Morgan fingerprint density at radius 2 is 2.05 bits per heavy atom. The molecular weight excluding hydrogens is 250 g/mol. The second-order valence-electron chi connectivity index (χ2n) is 5.66. The highest BCUT2D eigenvalue weighted by molar-refractivity contribution is 5.80. The fourth-order valence-electron chi connectivity index (χ4n) is 3.07. The molecule has 0 N–H and O–H groups in total. The first-order valence-corrected chi connectivity index (χ1v) is 7.41. The number of amides is 1. The van der Waals surface area contributed by atoms with Crippen molar-refractivity contribution in [3.8, 4) is 0 Å². The number of aromatic nitrogens is 2. The molecule has 4 nitrogen and oxygen atoms in total. The molecule has 20 heavy (non-hydrogen) atoms. The summed E-state index contributed by atoms with van der Waals surface area (Å²) in [5.41, 5.74) is 1.97. The normalized spacial score (nSPS) is 16.4. The third kappa shape index (κ3) is 2.55. The lowest BCUT2D eigenvalue weighted by atomic mass is 9.94. The minimum Gasteiger partial charge on any atom is -0.341 e.